The molecule has 1 spiro atoms. The predicted molar refractivity (Wildman–Crippen MR) is 121 cm³/mol. The minimum absolute atomic E-state index is 0.156. The van der Waals surface area contributed by atoms with Crippen molar-refractivity contribution < 1.29 is 18.8 Å². The van der Waals surface area contributed by atoms with E-state index in [1.54, 1.807) is 33.8 Å². The molecule has 0 atom stereocenters. The largest absolute Gasteiger partial charge is 0.352 e. The Morgan fingerprint density at radius 1 is 1.12 bits per heavy atom. The molecule has 1 aliphatic heterocycles. The second-order valence-corrected chi connectivity index (χ2v) is 8.65. The predicted octanol–water partition coefficient (Wildman–Crippen LogP) is 2.79. The van der Waals surface area contributed by atoms with Crippen LogP contribution in [0.4, 0.5) is 9.18 Å². The van der Waals surface area contributed by atoms with Crippen molar-refractivity contribution in [3.05, 3.63) is 66.4 Å². The quantitative estimate of drug-likeness (QED) is 0.415. The fraction of sp³-hybridized carbons (Fsp3) is 0.333. The Balaban J connectivity index is 1.26. The zero-order valence-electron chi connectivity index (χ0n) is 18.5. The number of hydrogen-bond donors (Lipinski definition) is 2. The van der Waals surface area contributed by atoms with Crippen molar-refractivity contribution >= 4 is 17.8 Å². The van der Waals surface area contributed by atoms with Crippen molar-refractivity contribution in [3.8, 4) is 11.5 Å². The number of aromatic nitrogens is 3. The van der Waals surface area contributed by atoms with Crippen LogP contribution >= 0.6 is 0 Å². The first-order chi connectivity index (χ1) is 16.5. The lowest BCUT2D eigenvalue weighted by atomic mass is 9.98. The normalized spacial score (nSPS) is 16.9. The van der Waals surface area contributed by atoms with E-state index in [4.69, 9.17) is 0 Å². The number of hydrogen-bond acceptors (Lipinski definition) is 4. The molecule has 34 heavy (non-hydrogen) atoms. The summed E-state index contributed by atoms with van der Waals surface area (Å²) in [6, 6.07) is 9.16. The summed E-state index contributed by atoms with van der Waals surface area (Å²) < 4.78 is 16.7. The van der Waals surface area contributed by atoms with Gasteiger partial charge in [0.1, 0.15) is 16.9 Å². The number of rotatable bonds is 7. The fourth-order valence-corrected chi connectivity index (χ4v) is 4.73. The first-order valence-electron chi connectivity index (χ1n) is 11.4. The maximum atomic E-state index is 13.4. The Kier molecular flexibility index (Phi) is 5.64. The van der Waals surface area contributed by atoms with Crippen LogP contribution in [0.5, 0.6) is 0 Å². The van der Waals surface area contributed by atoms with Gasteiger partial charge in [0.25, 0.3) is 11.8 Å². The average Bonchev–Trinajstić information content (AvgIpc) is 3.61. The third-order valence-electron chi connectivity index (χ3n) is 6.46. The van der Waals surface area contributed by atoms with Gasteiger partial charge in [-0.15, -0.1) is 0 Å². The van der Waals surface area contributed by atoms with E-state index in [1.807, 2.05) is 12.1 Å². The number of carbonyl (C=O) groups excluding carboxylic acids is 3. The second-order valence-electron chi connectivity index (χ2n) is 8.65. The monoisotopic (exact) mass is 464 g/mol. The average molecular weight is 465 g/mol. The van der Waals surface area contributed by atoms with Crippen molar-refractivity contribution in [2.75, 3.05) is 13.1 Å². The SMILES string of the molecule is O=C(NCCCN1C(=O)NC2(CCCC2)C1=O)c1cnn(-c2ccc(F)cc2)c1-n1cccc1. The zero-order chi connectivity index (χ0) is 23.7. The third-order valence-corrected chi connectivity index (χ3v) is 6.46. The van der Waals surface area contributed by atoms with E-state index in [9.17, 15) is 18.8 Å². The molecule has 176 valence electrons. The maximum absolute atomic E-state index is 13.4. The minimum Gasteiger partial charge on any atom is -0.352 e. The van der Waals surface area contributed by atoms with Gasteiger partial charge in [0.15, 0.2) is 5.82 Å². The van der Waals surface area contributed by atoms with E-state index in [-0.39, 0.29) is 36.8 Å². The van der Waals surface area contributed by atoms with Crippen LogP contribution in [0.15, 0.2) is 55.0 Å². The van der Waals surface area contributed by atoms with E-state index in [0.717, 1.165) is 12.8 Å². The van der Waals surface area contributed by atoms with Gasteiger partial charge in [-0.1, -0.05) is 12.8 Å². The van der Waals surface area contributed by atoms with Gasteiger partial charge in [0, 0.05) is 25.5 Å². The molecule has 2 N–H and O–H groups in total. The molecule has 4 amide bonds. The van der Waals surface area contributed by atoms with Crippen molar-refractivity contribution in [2.24, 2.45) is 0 Å². The van der Waals surface area contributed by atoms with E-state index in [1.165, 1.54) is 23.2 Å². The van der Waals surface area contributed by atoms with Crippen LogP contribution in [0.1, 0.15) is 42.5 Å². The van der Waals surface area contributed by atoms with Gasteiger partial charge in [-0.3, -0.25) is 14.5 Å². The standard InChI is InChI=1S/C24H25FN6O3/c25-17-6-8-18(9-7-17)31-21(29-13-3-4-14-29)19(16-27-31)20(32)26-12-5-15-30-22(33)24(28-23(30)34)10-1-2-11-24/h3-4,6-9,13-14,16H,1-2,5,10-12,15H2,(H,26,32)(H,28,34). The van der Waals surface area contributed by atoms with Crippen molar-refractivity contribution in [1.82, 2.24) is 29.9 Å². The highest BCUT2D eigenvalue weighted by Crippen LogP contribution is 2.35. The van der Waals surface area contributed by atoms with Gasteiger partial charge in [-0.05, 0) is 55.7 Å². The molecule has 0 bridgehead atoms. The smallest absolute Gasteiger partial charge is 0.325 e. The highest BCUT2D eigenvalue weighted by atomic mass is 19.1. The lowest BCUT2D eigenvalue weighted by molar-refractivity contribution is -0.131. The van der Waals surface area contributed by atoms with Gasteiger partial charge in [0.2, 0.25) is 0 Å². The van der Waals surface area contributed by atoms with Gasteiger partial charge in [0.05, 0.1) is 11.9 Å². The highest BCUT2D eigenvalue weighted by Gasteiger charge is 2.52. The Morgan fingerprint density at radius 3 is 2.53 bits per heavy atom. The molecule has 10 heteroatoms. The molecule has 1 aromatic carbocycles. The van der Waals surface area contributed by atoms with E-state index >= 15 is 0 Å². The molecule has 5 rings (SSSR count). The number of amides is 4. The van der Waals surface area contributed by atoms with Crippen LogP contribution < -0.4 is 10.6 Å². The topological polar surface area (TPSA) is 101 Å². The highest BCUT2D eigenvalue weighted by molar-refractivity contribution is 6.07. The van der Waals surface area contributed by atoms with E-state index < -0.39 is 5.54 Å². The third kappa shape index (κ3) is 3.85. The second kappa shape index (κ2) is 8.77. The molecule has 2 fully saturated rings. The van der Waals surface area contributed by atoms with Crippen molar-refractivity contribution in [2.45, 2.75) is 37.6 Å². The Morgan fingerprint density at radius 2 is 1.82 bits per heavy atom. The fourth-order valence-electron chi connectivity index (χ4n) is 4.73. The molecule has 2 aromatic heterocycles. The lowest BCUT2D eigenvalue weighted by Crippen LogP contribution is -2.44. The Bertz CT molecular complexity index is 1210. The number of nitrogens with zero attached hydrogens (tertiary/aromatic N) is 4. The molecule has 1 aliphatic carbocycles. The van der Waals surface area contributed by atoms with Crippen LogP contribution in [0.3, 0.4) is 0 Å². The first-order valence-corrected chi connectivity index (χ1v) is 11.4. The van der Waals surface area contributed by atoms with Gasteiger partial charge in [-0.25, -0.2) is 13.9 Å². The Labute approximate surface area is 195 Å². The molecule has 3 aromatic rings. The van der Waals surface area contributed by atoms with Crippen molar-refractivity contribution in [1.29, 1.82) is 0 Å². The number of benzene rings is 1. The molecule has 1 saturated heterocycles. The number of imide groups is 1. The minimum atomic E-state index is -0.721. The summed E-state index contributed by atoms with van der Waals surface area (Å²) in [5, 5.41) is 10.1. The van der Waals surface area contributed by atoms with E-state index in [2.05, 4.69) is 15.7 Å². The summed E-state index contributed by atoms with van der Waals surface area (Å²) in [7, 11) is 0. The first kappa shape index (κ1) is 21.9. The molecule has 0 radical (unpaired) electrons. The molecular weight excluding hydrogens is 439 g/mol. The summed E-state index contributed by atoms with van der Waals surface area (Å²) in [6.07, 6.45) is 8.74. The maximum Gasteiger partial charge on any atom is 0.325 e. The van der Waals surface area contributed by atoms with Gasteiger partial charge < -0.3 is 15.2 Å². The van der Waals surface area contributed by atoms with Crippen LogP contribution in [0, 0.1) is 5.82 Å². The zero-order valence-corrected chi connectivity index (χ0v) is 18.5. The molecule has 0 unspecified atom stereocenters. The number of carbonyl (C=O) groups is 3. The summed E-state index contributed by atoms with van der Waals surface area (Å²) in [6.45, 7) is 0.529. The summed E-state index contributed by atoms with van der Waals surface area (Å²) >= 11 is 0. The van der Waals surface area contributed by atoms with Gasteiger partial charge >= 0.3 is 6.03 Å². The molecular formula is C24H25FN6O3. The summed E-state index contributed by atoms with van der Waals surface area (Å²) in [5.74, 6) is -0.329. The molecule has 1 saturated carbocycles. The number of halogens is 1. The Hall–Kier alpha value is -3.95. The number of nitrogens with one attached hydrogen (secondary N) is 2. The van der Waals surface area contributed by atoms with Gasteiger partial charge in [-0.2, -0.15) is 5.10 Å². The summed E-state index contributed by atoms with van der Waals surface area (Å²) in [5.41, 5.74) is 0.241. The van der Waals surface area contributed by atoms with Crippen LogP contribution in [-0.2, 0) is 4.79 Å². The van der Waals surface area contributed by atoms with Crippen LogP contribution in [-0.4, -0.2) is 55.7 Å². The van der Waals surface area contributed by atoms with Crippen molar-refractivity contribution in [3.63, 3.8) is 0 Å². The van der Waals surface area contributed by atoms with Crippen LogP contribution in [0.2, 0.25) is 0 Å². The lowest BCUT2D eigenvalue weighted by Gasteiger charge is -2.20. The number of urea groups is 1. The summed E-state index contributed by atoms with van der Waals surface area (Å²) in [4.78, 5) is 39.3. The molecule has 2 aliphatic rings. The van der Waals surface area contributed by atoms with E-state index in [0.29, 0.717) is 36.3 Å². The molecule has 9 nitrogen and oxygen atoms in total. The van der Waals surface area contributed by atoms with Crippen LogP contribution in [0.25, 0.3) is 11.5 Å². The molecule has 3 heterocycles.